The first-order valence-electron chi connectivity index (χ1n) is 14.6. The number of carbonyl (C=O) groups is 2. The second kappa shape index (κ2) is 9.02. The van der Waals surface area contributed by atoms with Gasteiger partial charge in [-0.2, -0.15) is 0 Å². The number of carbonyl (C=O) groups excluding carboxylic acids is 2. The summed E-state index contributed by atoms with van der Waals surface area (Å²) in [6.07, 6.45) is 11.1. The Morgan fingerprint density at radius 1 is 1.00 bits per heavy atom. The fraction of sp³-hybridized carbons (Fsp3) is 0.875. The molecule has 198 valence electrons. The molecule has 0 heterocycles. The maximum atomic E-state index is 14.1. The topological polar surface area (TPSA) is 43.4 Å². The molecule has 0 aromatic rings. The molecule has 2 saturated carbocycles. The van der Waals surface area contributed by atoms with Gasteiger partial charge in [0.05, 0.1) is 0 Å². The minimum absolute atomic E-state index is 0.000499. The van der Waals surface area contributed by atoms with Crippen molar-refractivity contribution in [3.63, 3.8) is 0 Å². The van der Waals surface area contributed by atoms with Crippen LogP contribution in [0.4, 0.5) is 0 Å². The van der Waals surface area contributed by atoms with Crippen molar-refractivity contribution >= 4 is 11.8 Å². The van der Waals surface area contributed by atoms with Crippen LogP contribution >= 0.6 is 0 Å². The molecule has 0 aliphatic heterocycles. The predicted molar refractivity (Wildman–Crippen MR) is 143 cm³/mol. The van der Waals surface area contributed by atoms with Gasteiger partial charge in [0, 0.05) is 29.7 Å². The van der Waals surface area contributed by atoms with E-state index < -0.39 is 0 Å². The largest absolute Gasteiger partial charge is 0.462 e. The van der Waals surface area contributed by atoms with Crippen LogP contribution in [0.15, 0.2) is 11.1 Å². The third kappa shape index (κ3) is 4.06. The van der Waals surface area contributed by atoms with E-state index >= 15 is 0 Å². The Morgan fingerprint density at radius 3 is 2.31 bits per heavy atom. The quantitative estimate of drug-likeness (QED) is 0.356. The molecular weight excluding hydrogens is 432 g/mol. The zero-order valence-corrected chi connectivity index (χ0v) is 24.2. The summed E-state index contributed by atoms with van der Waals surface area (Å²) >= 11 is 0. The van der Waals surface area contributed by atoms with Gasteiger partial charge in [-0.05, 0) is 73.0 Å². The molecule has 0 aromatic carbocycles. The molecule has 0 saturated heterocycles. The number of rotatable bonds is 6. The highest BCUT2D eigenvalue weighted by atomic mass is 16.5. The molecule has 0 N–H and O–H groups in total. The third-order valence-corrected chi connectivity index (χ3v) is 12.0. The molecule has 3 heteroatoms. The van der Waals surface area contributed by atoms with Crippen molar-refractivity contribution < 1.29 is 14.3 Å². The maximum absolute atomic E-state index is 14.1. The van der Waals surface area contributed by atoms with Crippen molar-refractivity contribution in [3.05, 3.63) is 11.1 Å². The molecule has 0 radical (unpaired) electrons. The van der Waals surface area contributed by atoms with E-state index in [4.69, 9.17) is 4.74 Å². The third-order valence-electron chi connectivity index (χ3n) is 12.0. The van der Waals surface area contributed by atoms with Crippen molar-refractivity contribution in [3.8, 4) is 0 Å². The van der Waals surface area contributed by atoms with Gasteiger partial charge in [0.1, 0.15) is 6.10 Å². The monoisotopic (exact) mass is 484 g/mol. The lowest BCUT2D eigenvalue weighted by atomic mass is 9.43. The number of ketones is 1. The van der Waals surface area contributed by atoms with Crippen LogP contribution in [0.3, 0.4) is 0 Å². The van der Waals surface area contributed by atoms with Gasteiger partial charge < -0.3 is 4.74 Å². The molecule has 0 amide bonds. The number of hydrogen-bond donors (Lipinski definition) is 0. The number of allylic oxidation sites excluding steroid dienone is 2. The van der Waals surface area contributed by atoms with Crippen LogP contribution in [-0.4, -0.2) is 17.9 Å². The van der Waals surface area contributed by atoms with Crippen molar-refractivity contribution in [1.82, 2.24) is 0 Å². The van der Waals surface area contributed by atoms with Crippen LogP contribution in [0.1, 0.15) is 127 Å². The molecule has 0 unspecified atom stereocenters. The second-order valence-corrected chi connectivity index (χ2v) is 14.6. The standard InChI is InChI=1S/C32H52O3/c1-20(2)11-10-12-21(3)23-13-18-32(9)28-24(14-17-31(23,32)8)30(7)16-15-27(35-22(4)33)29(5,6)26(30)19-25(28)34/h20-21,23,26-27H,10-19H2,1-9H3/t21-,23-,26-,27-,30-,31-,32+/m1/s1. The SMILES string of the molecule is CC(=O)O[C@@H]1CC[C@]2(C)C3=C(C(=O)C[C@@H]2C1(C)C)[C@]1(C)CC[C@H]([C@H](C)CCCC(C)C)[C@@]1(C)CC3. The Hall–Kier alpha value is -1.12. The molecule has 3 nitrogen and oxygen atoms in total. The highest BCUT2D eigenvalue weighted by molar-refractivity contribution is 5.99. The van der Waals surface area contributed by atoms with E-state index in [1.54, 1.807) is 0 Å². The number of hydrogen-bond acceptors (Lipinski definition) is 3. The van der Waals surface area contributed by atoms with Crippen LogP contribution in [0.5, 0.6) is 0 Å². The molecule has 2 fully saturated rings. The molecule has 4 rings (SSSR count). The second-order valence-electron chi connectivity index (χ2n) is 14.6. The first-order chi connectivity index (χ1) is 16.2. The Kier molecular flexibility index (Phi) is 6.94. The van der Waals surface area contributed by atoms with E-state index in [9.17, 15) is 9.59 Å². The lowest BCUT2D eigenvalue weighted by Gasteiger charge is -2.61. The lowest BCUT2D eigenvalue weighted by molar-refractivity contribution is -0.168. The van der Waals surface area contributed by atoms with Gasteiger partial charge in [-0.1, -0.05) is 80.2 Å². The zero-order valence-electron chi connectivity index (χ0n) is 24.2. The molecule has 7 atom stereocenters. The summed E-state index contributed by atoms with van der Waals surface area (Å²) in [4.78, 5) is 25.9. The number of fused-ring (bicyclic) bond motifs is 4. The highest BCUT2D eigenvalue weighted by Crippen LogP contribution is 2.72. The summed E-state index contributed by atoms with van der Waals surface area (Å²) < 4.78 is 5.80. The minimum Gasteiger partial charge on any atom is -0.462 e. The zero-order chi connectivity index (χ0) is 26.0. The van der Waals surface area contributed by atoms with Gasteiger partial charge in [0.15, 0.2) is 5.78 Å². The fourth-order valence-corrected chi connectivity index (χ4v) is 9.75. The van der Waals surface area contributed by atoms with Crippen molar-refractivity contribution in [2.75, 3.05) is 0 Å². The molecule has 0 spiro atoms. The average Bonchev–Trinajstić information content (AvgIpc) is 3.02. The van der Waals surface area contributed by atoms with E-state index in [0.29, 0.717) is 18.1 Å². The number of esters is 1. The number of ether oxygens (including phenoxy) is 1. The van der Waals surface area contributed by atoms with Crippen LogP contribution in [0.25, 0.3) is 0 Å². The molecule has 0 aromatic heterocycles. The van der Waals surface area contributed by atoms with Gasteiger partial charge in [-0.15, -0.1) is 0 Å². The smallest absolute Gasteiger partial charge is 0.302 e. The Bertz CT molecular complexity index is 896. The molecule has 4 aliphatic rings. The first-order valence-corrected chi connectivity index (χ1v) is 14.6. The Balaban J connectivity index is 1.66. The molecule has 0 bridgehead atoms. The summed E-state index contributed by atoms with van der Waals surface area (Å²) in [5.41, 5.74) is 2.78. The predicted octanol–water partition coefficient (Wildman–Crippen LogP) is 8.31. The molecule has 35 heavy (non-hydrogen) atoms. The van der Waals surface area contributed by atoms with E-state index in [1.807, 2.05) is 0 Å². The Labute approximate surface area is 215 Å². The van der Waals surface area contributed by atoms with Gasteiger partial charge >= 0.3 is 5.97 Å². The summed E-state index contributed by atoms with van der Waals surface area (Å²) in [7, 11) is 0. The normalized spacial score (nSPS) is 41.3. The number of Topliss-reactive ketones (excluding diaryl/α,β-unsaturated/α-hetero) is 1. The summed E-state index contributed by atoms with van der Waals surface area (Å²) in [6, 6.07) is 0. The van der Waals surface area contributed by atoms with E-state index in [2.05, 4.69) is 55.4 Å². The van der Waals surface area contributed by atoms with Crippen LogP contribution in [-0.2, 0) is 14.3 Å². The summed E-state index contributed by atoms with van der Waals surface area (Å²) in [5, 5.41) is 0. The molecule has 4 aliphatic carbocycles. The van der Waals surface area contributed by atoms with Crippen LogP contribution in [0, 0.1) is 45.3 Å². The summed E-state index contributed by atoms with van der Waals surface area (Å²) in [6.45, 7) is 20.6. The van der Waals surface area contributed by atoms with Gasteiger partial charge in [-0.3, -0.25) is 9.59 Å². The minimum atomic E-state index is -0.200. The maximum Gasteiger partial charge on any atom is 0.302 e. The lowest BCUT2D eigenvalue weighted by Crippen LogP contribution is -2.57. The van der Waals surface area contributed by atoms with Gasteiger partial charge in [0.2, 0.25) is 0 Å². The summed E-state index contributed by atoms with van der Waals surface area (Å²) in [5.74, 6) is 2.66. The average molecular weight is 485 g/mol. The fourth-order valence-electron chi connectivity index (χ4n) is 9.75. The van der Waals surface area contributed by atoms with Crippen molar-refractivity contribution in [1.29, 1.82) is 0 Å². The van der Waals surface area contributed by atoms with E-state index in [1.165, 1.54) is 50.2 Å². The van der Waals surface area contributed by atoms with Crippen LogP contribution < -0.4 is 0 Å². The van der Waals surface area contributed by atoms with Gasteiger partial charge in [-0.25, -0.2) is 0 Å². The van der Waals surface area contributed by atoms with E-state index in [0.717, 1.165) is 37.5 Å². The van der Waals surface area contributed by atoms with Crippen LogP contribution in [0.2, 0.25) is 0 Å². The molecular formula is C32H52O3. The highest BCUT2D eigenvalue weighted by Gasteiger charge is 2.65. The first kappa shape index (κ1) is 26.9. The van der Waals surface area contributed by atoms with Crippen molar-refractivity contribution in [2.45, 2.75) is 133 Å². The Morgan fingerprint density at radius 2 is 1.69 bits per heavy atom. The van der Waals surface area contributed by atoms with Gasteiger partial charge in [0.25, 0.3) is 0 Å². The van der Waals surface area contributed by atoms with Crippen molar-refractivity contribution in [2.24, 2.45) is 45.3 Å². The van der Waals surface area contributed by atoms with E-state index in [-0.39, 0.29) is 39.7 Å².